The molecule has 0 radical (unpaired) electrons. The number of nitrogens with two attached hydrogens (primary N) is 1. The lowest BCUT2D eigenvalue weighted by Crippen LogP contribution is -2.40. The van der Waals surface area contributed by atoms with Crippen LogP contribution in [0.2, 0.25) is 0 Å². The second-order valence-corrected chi connectivity index (χ2v) is 7.28. The van der Waals surface area contributed by atoms with Gasteiger partial charge in [0.2, 0.25) is 0 Å². The smallest absolute Gasteiger partial charge is 0.152 e. The van der Waals surface area contributed by atoms with E-state index >= 15 is 0 Å². The van der Waals surface area contributed by atoms with Crippen LogP contribution in [0.4, 0.5) is 0 Å². The lowest BCUT2D eigenvalue weighted by atomic mass is 9.98. The molecule has 0 amide bonds. The number of hydrogen-bond acceptors (Lipinski definition) is 5. The number of nitriles is 1. The van der Waals surface area contributed by atoms with Gasteiger partial charge in [0.15, 0.2) is 9.84 Å². The highest BCUT2D eigenvalue weighted by Crippen LogP contribution is 2.11. The van der Waals surface area contributed by atoms with Crippen molar-refractivity contribution in [1.29, 1.82) is 5.26 Å². The highest BCUT2D eigenvalue weighted by atomic mass is 32.2. The molecule has 0 aromatic rings. The SMILES string of the molecule is CC(N)(C#N)CCCCN1CCS(=O)(=O)CC1. The van der Waals surface area contributed by atoms with Crippen LogP contribution in [0.15, 0.2) is 0 Å². The molecule has 1 aliphatic rings. The van der Waals surface area contributed by atoms with Crippen molar-refractivity contribution in [2.24, 2.45) is 5.73 Å². The van der Waals surface area contributed by atoms with E-state index in [0.29, 0.717) is 19.5 Å². The third-order valence-corrected chi connectivity index (χ3v) is 4.72. The molecule has 0 aromatic carbocycles. The first kappa shape index (κ1) is 14.4. The first-order valence-electron chi connectivity index (χ1n) is 5.98. The van der Waals surface area contributed by atoms with Crippen molar-refractivity contribution in [3.8, 4) is 6.07 Å². The first-order chi connectivity index (χ1) is 7.85. The van der Waals surface area contributed by atoms with E-state index in [1.807, 2.05) is 0 Å². The van der Waals surface area contributed by atoms with Crippen LogP contribution in [0.5, 0.6) is 0 Å². The molecule has 6 heteroatoms. The van der Waals surface area contributed by atoms with Crippen molar-refractivity contribution in [2.75, 3.05) is 31.1 Å². The van der Waals surface area contributed by atoms with Gasteiger partial charge in [0.05, 0.1) is 17.6 Å². The van der Waals surface area contributed by atoms with Crippen molar-refractivity contribution in [1.82, 2.24) is 4.90 Å². The molecule has 5 nitrogen and oxygen atoms in total. The van der Waals surface area contributed by atoms with Gasteiger partial charge in [0.25, 0.3) is 0 Å². The summed E-state index contributed by atoms with van der Waals surface area (Å²) in [4.78, 5) is 2.17. The summed E-state index contributed by atoms with van der Waals surface area (Å²) in [7, 11) is -2.78. The van der Waals surface area contributed by atoms with Crippen molar-refractivity contribution >= 4 is 9.84 Å². The van der Waals surface area contributed by atoms with Gasteiger partial charge in [-0.2, -0.15) is 5.26 Å². The summed E-state index contributed by atoms with van der Waals surface area (Å²) in [5, 5.41) is 8.75. The monoisotopic (exact) mass is 259 g/mol. The van der Waals surface area contributed by atoms with E-state index < -0.39 is 15.4 Å². The number of nitrogens with zero attached hydrogens (tertiary/aromatic N) is 2. The van der Waals surface area contributed by atoms with Crippen molar-refractivity contribution in [3.63, 3.8) is 0 Å². The topological polar surface area (TPSA) is 87.2 Å². The fourth-order valence-corrected chi connectivity index (χ4v) is 3.13. The summed E-state index contributed by atoms with van der Waals surface area (Å²) in [5.41, 5.74) is 4.99. The van der Waals surface area contributed by atoms with Crippen molar-refractivity contribution < 1.29 is 8.42 Å². The van der Waals surface area contributed by atoms with Gasteiger partial charge in [-0.05, 0) is 32.7 Å². The Hall–Kier alpha value is -0.640. The third kappa shape index (κ3) is 5.48. The molecule has 0 bridgehead atoms. The van der Waals surface area contributed by atoms with Gasteiger partial charge in [0.1, 0.15) is 5.54 Å². The number of unbranched alkanes of at least 4 members (excludes halogenated alkanes) is 1. The molecule has 2 N–H and O–H groups in total. The Bertz CT molecular complexity index is 370. The predicted molar refractivity (Wildman–Crippen MR) is 67.2 cm³/mol. The van der Waals surface area contributed by atoms with E-state index in [9.17, 15) is 8.42 Å². The first-order valence-corrected chi connectivity index (χ1v) is 7.80. The van der Waals surface area contributed by atoms with Crippen LogP contribution in [0, 0.1) is 11.3 Å². The Morgan fingerprint density at radius 2 is 1.94 bits per heavy atom. The van der Waals surface area contributed by atoms with E-state index in [4.69, 9.17) is 11.0 Å². The molecular formula is C11H21N3O2S. The zero-order chi connectivity index (χ0) is 12.9. The van der Waals surface area contributed by atoms with Crippen LogP contribution in [0.3, 0.4) is 0 Å². The van der Waals surface area contributed by atoms with Gasteiger partial charge in [-0.1, -0.05) is 0 Å². The van der Waals surface area contributed by atoms with Crippen LogP contribution < -0.4 is 5.73 Å². The second-order valence-electron chi connectivity index (χ2n) is 4.98. The zero-order valence-electron chi connectivity index (χ0n) is 10.4. The average Bonchev–Trinajstić information content (AvgIpc) is 2.26. The van der Waals surface area contributed by atoms with Gasteiger partial charge in [-0.3, -0.25) is 0 Å². The Balaban J connectivity index is 2.15. The van der Waals surface area contributed by atoms with Gasteiger partial charge in [-0.15, -0.1) is 0 Å². The van der Waals surface area contributed by atoms with Crippen LogP contribution in [0.1, 0.15) is 26.2 Å². The fourth-order valence-electron chi connectivity index (χ4n) is 1.86. The Morgan fingerprint density at radius 3 is 2.47 bits per heavy atom. The predicted octanol–water partition coefficient (Wildman–Crippen LogP) is 0.128. The van der Waals surface area contributed by atoms with E-state index in [-0.39, 0.29) is 11.5 Å². The Morgan fingerprint density at radius 1 is 1.35 bits per heavy atom. The zero-order valence-corrected chi connectivity index (χ0v) is 11.2. The molecule has 1 heterocycles. The molecule has 98 valence electrons. The molecular weight excluding hydrogens is 238 g/mol. The molecule has 17 heavy (non-hydrogen) atoms. The molecule has 0 aromatic heterocycles. The minimum absolute atomic E-state index is 0.278. The number of rotatable bonds is 5. The van der Waals surface area contributed by atoms with Gasteiger partial charge >= 0.3 is 0 Å². The Labute approximate surface area is 104 Å². The summed E-state index contributed by atoms with van der Waals surface area (Å²) in [5.74, 6) is 0.555. The highest BCUT2D eigenvalue weighted by Gasteiger charge is 2.21. The van der Waals surface area contributed by atoms with E-state index in [1.54, 1.807) is 6.92 Å². The molecule has 1 atom stereocenters. The Kier molecular flexibility index (Phi) is 4.92. The normalized spacial score (nSPS) is 23.8. The van der Waals surface area contributed by atoms with E-state index in [0.717, 1.165) is 19.4 Å². The lowest BCUT2D eigenvalue weighted by molar-refractivity contribution is 0.285. The fraction of sp³-hybridized carbons (Fsp3) is 0.909. The maximum Gasteiger partial charge on any atom is 0.152 e. The van der Waals surface area contributed by atoms with Gasteiger partial charge in [0, 0.05) is 13.1 Å². The van der Waals surface area contributed by atoms with Crippen LogP contribution in [-0.2, 0) is 9.84 Å². The number of hydrogen-bond donors (Lipinski definition) is 1. The third-order valence-electron chi connectivity index (χ3n) is 3.11. The lowest BCUT2D eigenvalue weighted by Gasteiger charge is -2.26. The van der Waals surface area contributed by atoms with Crippen LogP contribution in [0.25, 0.3) is 0 Å². The second kappa shape index (κ2) is 5.80. The standard InChI is InChI=1S/C11H21N3O2S/c1-11(13,10-12)4-2-3-5-14-6-8-17(15,16)9-7-14/h2-9,13H2,1H3. The van der Waals surface area contributed by atoms with Crippen LogP contribution >= 0.6 is 0 Å². The number of sulfone groups is 1. The summed E-state index contributed by atoms with van der Waals surface area (Å²) in [6.07, 6.45) is 2.56. The van der Waals surface area contributed by atoms with E-state index in [2.05, 4.69) is 11.0 Å². The van der Waals surface area contributed by atoms with Crippen molar-refractivity contribution in [2.45, 2.75) is 31.7 Å². The maximum absolute atomic E-state index is 11.2. The molecule has 1 aliphatic heterocycles. The molecule has 0 aliphatic carbocycles. The van der Waals surface area contributed by atoms with E-state index in [1.165, 1.54) is 0 Å². The summed E-state index contributed by atoms with van der Waals surface area (Å²) < 4.78 is 22.4. The average molecular weight is 259 g/mol. The minimum Gasteiger partial charge on any atom is -0.314 e. The maximum atomic E-state index is 11.2. The molecule has 1 fully saturated rings. The minimum atomic E-state index is -2.78. The summed E-state index contributed by atoms with van der Waals surface area (Å²) in [6.45, 7) is 3.92. The van der Waals surface area contributed by atoms with Gasteiger partial charge < -0.3 is 10.6 Å². The molecule has 0 spiro atoms. The quantitative estimate of drug-likeness (QED) is 0.709. The molecule has 1 saturated heterocycles. The summed E-state index contributed by atoms with van der Waals surface area (Å²) in [6, 6.07) is 2.08. The highest BCUT2D eigenvalue weighted by molar-refractivity contribution is 7.91. The molecule has 0 saturated carbocycles. The van der Waals surface area contributed by atoms with Crippen LogP contribution in [-0.4, -0.2) is 50.0 Å². The largest absolute Gasteiger partial charge is 0.314 e. The van der Waals surface area contributed by atoms with Gasteiger partial charge in [-0.25, -0.2) is 8.42 Å². The molecule has 1 rings (SSSR count). The summed E-state index contributed by atoms with van der Waals surface area (Å²) >= 11 is 0. The molecule has 1 unspecified atom stereocenters. The van der Waals surface area contributed by atoms with Crippen molar-refractivity contribution in [3.05, 3.63) is 0 Å².